The highest BCUT2D eigenvalue weighted by molar-refractivity contribution is 7.87. The van der Waals surface area contributed by atoms with Gasteiger partial charge in [0, 0.05) is 13.2 Å². The van der Waals surface area contributed by atoms with E-state index in [9.17, 15) is 27.0 Å². The van der Waals surface area contributed by atoms with Crippen LogP contribution in [-0.4, -0.2) is 77.9 Å². The Hall–Kier alpha value is -1.90. The first-order valence-electron chi connectivity index (χ1n) is 19.4. The van der Waals surface area contributed by atoms with Crippen LogP contribution in [0.25, 0.3) is 0 Å². The van der Waals surface area contributed by atoms with E-state index in [-0.39, 0.29) is 23.0 Å². The van der Waals surface area contributed by atoms with Crippen molar-refractivity contribution in [2.24, 2.45) is 0 Å². The second-order valence-electron chi connectivity index (χ2n) is 13.9. The molecule has 0 saturated carbocycles. The summed E-state index contributed by atoms with van der Waals surface area (Å²) in [6, 6.07) is 12.3. The van der Waals surface area contributed by atoms with E-state index in [0.29, 0.717) is 12.8 Å². The minimum Gasteiger partial charge on any atom is -0.388 e. The summed E-state index contributed by atoms with van der Waals surface area (Å²) in [5, 5.41) is 22.8. The number of rotatable bonds is 31. The van der Waals surface area contributed by atoms with Gasteiger partial charge in [0.2, 0.25) is 0 Å². The molecule has 0 aliphatic rings. The largest absolute Gasteiger partial charge is 0.388 e. The van der Waals surface area contributed by atoms with Crippen molar-refractivity contribution in [1.82, 2.24) is 0 Å². The van der Waals surface area contributed by atoms with Crippen molar-refractivity contribution in [2.75, 3.05) is 26.4 Å². The van der Waals surface area contributed by atoms with Crippen molar-refractivity contribution in [3.63, 3.8) is 0 Å². The monoisotopic (exact) mass is 770 g/mol. The lowest BCUT2D eigenvalue weighted by Crippen LogP contribution is -2.51. The van der Waals surface area contributed by atoms with Crippen LogP contribution in [0.3, 0.4) is 0 Å². The first kappa shape index (κ1) is 46.3. The van der Waals surface area contributed by atoms with E-state index in [4.69, 9.17) is 17.8 Å². The average molecular weight is 771 g/mol. The molecule has 12 heteroatoms. The number of ether oxygens (including phenoxy) is 2. The van der Waals surface area contributed by atoms with Gasteiger partial charge in [-0.1, -0.05) is 139 Å². The standard InChI is InChI=1S/C40H66O10S2/c1-5-7-9-11-13-15-17-19-29-47-39(37(41)31-49-51(43,44)35-25-21-33(3)22-26-35)40(48-30-20-18-16-14-12-10-8-6-2)38(42)32-50-52(45,46)36-27-23-34(4)24-28-36/h21-28,37-42H,5-20,29-32H2,1-4H3/t37-,38-,39-,40-/m1/s1. The summed E-state index contributed by atoms with van der Waals surface area (Å²) in [7, 11) is -8.43. The topological polar surface area (TPSA) is 146 Å². The van der Waals surface area contributed by atoms with E-state index >= 15 is 0 Å². The summed E-state index contributed by atoms with van der Waals surface area (Å²) in [4.78, 5) is -0.113. The highest BCUT2D eigenvalue weighted by Gasteiger charge is 2.37. The molecule has 2 rings (SSSR count). The lowest BCUT2D eigenvalue weighted by atomic mass is 10.0. The molecule has 0 bridgehead atoms. The molecule has 52 heavy (non-hydrogen) atoms. The second-order valence-corrected chi connectivity index (χ2v) is 17.1. The summed E-state index contributed by atoms with van der Waals surface area (Å²) in [5.41, 5.74) is 1.76. The molecule has 2 aromatic rings. The zero-order chi connectivity index (χ0) is 38.2. The van der Waals surface area contributed by atoms with Gasteiger partial charge in [-0.2, -0.15) is 16.8 Å². The molecule has 0 radical (unpaired) electrons. The first-order chi connectivity index (χ1) is 24.9. The molecular weight excluding hydrogens is 705 g/mol. The Morgan fingerprint density at radius 3 is 1.08 bits per heavy atom. The van der Waals surface area contributed by atoms with Gasteiger partial charge in [-0.15, -0.1) is 0 Å². The Balaban J connectivity index is 2.20. The molecule has 298 valence electrons. The maximum Gasteiger partial charge on any atom is 0.297 e. The number of hydrogen-bond donors (Lipinski definition) is 2. The minimum atomic E-state index is -4.22. The first-order valence-corrected chi connectivity index (χ1v) is 22.2. The highest BCUT2D eigenvalue weighted by Crippen LogP contribution is 2.22. The molecule has 0 aliphatic heterocycles. The zero-order valence-corrected chi connectivity index (χ0v) is 33.7. The van der Waals surface area contributed by atoms with Crippen LogP contribution in [0.15, 0.2) is 58.3 Å². The zero-order valence-electron chi connectivity index (χ0n) is 32.0. The van der Waals surface area contributed by atoms with E-state index in [0.717, 1.165) is 49.7 Å². The lowest BCUT2D eigenvalue weighted by molar-refractivity contribution is -0.167. The van der Waals surface area contributed by atoms with E-state index in [2.05, 4.69) is 13.8 Å². The summed E-state index contributed by atoms with van der Waals surface area (Å²) in [6.45, 7) is 7.15. The fourth-order valence-corrected chi connectivity index (χ4v) is 7.66. The molecule has 0 fully saturated rings. The quantitative estimate of drug-likeness (QED) is 0.0569. The van der Waals surface area contributed by atoms with Crippen molar-refractivity contribution < 1.29 is 44.9 Å². The molecule has 0 aliphatic carbocycles. The second kappa shape index (κ2) is 26.0. The average Bonchev–Trinajstić information content (AvgIpc) is 3.12. The van der Waals surface area contributed by atoms with E-state index in [1.807, 2.05) is 13.8 Å². The Bertz CT molecular complexity index is 1300. The fourth-order valence-electron chi connectivity index (χ4n) is 5.81. The molecule has 0 saturated heterocycles. The van der Waals surface area contributed by atoms with Crippen LogP contribution in [0.4, 0.5) is 0 Å². The van der Waals surface area contributed by atoms with Gasteiger partial charge < -0.3 is 19.7 Å². The van der Waals surface area contributed by atoms with Crippen molar-refractivity contribution in [2.45, 2.75) is 165 Å². The fraction of sp³-hybridized carbons (Fsp3) is 0.700. The number of hydrogen-bond acceptors (Lipinski definition) is 10. The van der Waals surface area contributed by atoms with E-state index in [1.165, 1.54) is 75.6 Å². The normalized spacial score (nSPS) is 14.7. The summed E-state index contributed by atoms with van der Waals surface area (Å²) in [6.07, 6.45) is 11.5. The molecule has 4 atom stereocenters. The van der Waals surface area contributed by atoms with Crippen LogP contribution in [0.2, 0.25) is 0 Å². The number of aryl methyl sites for hydroxylation is 2. The van der Waals surface area contributed by atoms with Crippen molar-refractivity contribution in [3.8, 4) is 0 Å². The lowest BCUT2D eigenvalue weighted by Gasteiger charge is -2.33. The number of benzene rings is 2. The number of aliphatic hydroxyl groups excluding tert-OH is 2. The van der Waals surface area contributed by atoms with Crippen LogP contribution in [0.5, 0.6) is 0 Å². The Labute approximate surface area is 314 Å². The van der Waals surface area contributed by atoms with Gasteiger partial charge in [0.25, 0.3) is 20.2 Å². The number of aliphatic hydroxyl groups is 2. The molecule has 0 amide bonds. The molecule has 10 nitrogen and oxygen atoms in total. The summed E-state index contributed by atoms with van der Waals surface area (Å²) >= 11 is 0. The maximum atomic E-state index is 13.0. The Morgan fingerprint density at radius 2 is 0.769 bits per heavy atom. The van der Waals surface area contributed by atoms with Gasteiger partial charge in [0.1, 0.15) is 24.4 Å². The SMILES string of the molecule is CCCCCCCCCCO[C@@H]([C@H](OCCCCCCCCCC)[C@H](O)COS(=O)(=O)c1ccc(C)cc1)[C@H](O)COS(=O)(=O)c1ccc(C)cc1. The van der Waals surface area contributed by atoms with Crippen LogP contribution in [0.1, 0.15) is 128 Å². The minimum absolute atomic E-state index is 0.0565. The molecule has 2 N–H and O–H groups in total. The van der Waals surface area contributed by atoms with E-state index < -0.39 is 57.9 Å². The van der Waals surface area contributed by atoms with Gasteiger partial charge >= 0.3 is 0 Å². The van der Waals surface area contributed by atoms with Crippen molar-refractivity contribution in [3.05, 3.63) is 59.7 Å². The van der Waals surface area contributed by atoms with Crippen LogP contribution in [-0.2, 0) is 38.1 Å². The number of unbranched alkanes of at least 4 members (excludes halogenated alkanes) is 14. The highest BCUT2D eigenvalue weighted by atomic mass is 32.2. The van der Waals surface area contributed by atoms with E-state index in [1.54, 1.807) is 24.3 Å². The Morgan fingerprint density at radius 1 is 0.481 bits per heavy atom. The van der Waals surface area contributed by atoms with Crippen molar-refractivity contribution >= 4 is 20.2 Å². The van der Waals surface area contributed by atoms with Crippen LogP contribution in [0, 0.1) is 13.8 Å². The molecule has 0 aromatic heterocycles. The third kappa shape index (κ3) is 18.4. The van der Waals surface area contributed by atoms with Crippen molar-refractivity contribution in [1.29, 1.82) is 0 Å². The molecule has 0 unspecified atom stereocenters. The Kier molecular flexibility index (Phi) is 23.1. The van der Waals surface area contributed by atoms with Gasteiger partial charge in [-0.25, -0.2) is 0 Å². The summed E-state index contributed by atoms with van der Waals surface area (Å²) in [5.74, 6) is 0. The van der Waals surface area contributed by atoms with Gasteiger partial charge in [0.15, 0.2) is 0 Å². The molecule has 2 aromatic carbocycles. The van der Waals surface area contributed by atoms with Gasteiger partial charge in [-0.3, -0.25) is 8.37 Å². The molecule has 0 heterocycles. The smallest absolute Gasteiger partial charge is 0.297 e. The maximum absolute atomic E-state index is 13.0. The third-order valence-corrected chi connectivity index (χ3v) is 11.7. The predicted molar refractivity (Wildman–Crippen MR) is 205 cm³/mol. The van der Waals surface area contributed by atoms with Gasteiger partial charge in [-0.05, 0) is 51.0 Å². The molecule has 0 spiro atoms. The predicted octanol–water partition coefficient (Wildman–Crippen LogP) is 8.19. The van der Waals surface area contributed by atoms with Crippen LogP contribution >= 0.6 is 0 Å². The third-order valence-electron chi connectivity index (χ3n) is 9.11. The summed E-state index contributed by atoms with van der Waals surface area (Å²) < 4.78 is 74.8. The van der Waals surface area contributed by atoms with Crippen LogP contribution < -0.4 is 0 Å². The van der Waals surface area contributed by atoms with Gasteiger partial charge in [0.05, 0.1) is 23.0 Å². The molecular formula is C40H66O10S2.